The molecule has 0 spiro atoms. The van der Waals surface area contributed by atoms with E-state index in [-0.39, 0.29) is 5.56 Å². The van der Waals surface area contributed by atoms with Gasteiger partial charge in [-0.3, -0.25) is 28.9 Å². The number of amides is 2. The molecule has 0 atom stereocenters. The molecule has 0 aliphatic heterocycles. The first kappa shape index (κ1) is 20.6. The van der Waals surface area contributed by atoms with Gasteiger partial charge in [0.25, 0.3) is 5.91 Å². The second-order valence-corrected chi connectivity index (χ2v) is 5.13. The summed E-state index contributed by atoms with van der Waals surface area (Å²) in [4.78, 5) is 56.3. The smallest absolute Gasteiger partial charge is 0.322 e. The number of carbonyl (C=O) groups is 5. The number of nitrogens with one attached hydrogen (secondary N) is 2. The van der Waals surface area contributed by atoms with Gasteiger partial charge in [0.15, 0.2) is 0 Å². The number of anilines is 1. The topological polar surface area (TPSA) is 173 Å². The Bertz CT molecular complexity index is 685. The van der Waals surface area contributed by atoms with Crippen LogP contribution in [0.1, 0.15) is 10.4 Å². The summed E-state index contributed by atoms with van der Waals surface area (Å²) in [6, 6.07) is 5.51. The molecule has 0 fully saturated rings. The van der Waals surface area contributed by atoms with Crippen molar-refractivity contribution in [3.05, 3.63) is 29.8 Å². The van der Waals surface area contributed by atoms with Crippen LogP contribution in [0.5, 0.6) is 0 Å². The highest BCUT2D eigenvalue weighted by molar-refractivity contribution is 5.97. The summed E-state index contributed by atoms with van der Waals surface area (Å²) < 4.78 is 0. The molecule has 11 heteroatoms. The van der Waals surface area contributed by atoms with Crippen molar-refractivity contribution in [2.24, 2.45) is 0 Å². The highest BCUT2D eigenvalue weighted by atomic mass is 16.4. The molecule has 1 aromatic carbocycles. The van der Waals surface area contributed by atoms with Crippen LogP contribution in [0.4, 0.5) is 5.69 Å². The lowest BCUT2D eigenvalue weighted by Crippen LogP contribution is -2.40. The fourth-order valence-corrected chi connectivity index (χ4v) is 1.92. The number of carbonyl (C=O) groups excluding carboxylic acids is 2. The minimum atomic E-state index is -1.27. The number of hydrogen-bond donors (Lipinski definition) is 5. The van der Waals surface area contributed by atoms with Gasteiger partial charge in [-0.25, -0.2) is 0 Å². The third kappa shape index (κ3) is 7.88. The summed E-state index contributed by atoms with van der Waals surface area (Å²) in [5.41, 5.74) is 0.484. The molecule has 26 heavy (non-hydrogen) atoms. The van der Waals surface area contributed by atoms with Gasteiger partial charge in [0.1, 0.15) is 6.54 Å². The largest absolute Gasteiger partial charge is 0.480 e. The fourth-order valence-electron chi connectivity index (χ4n) is 1.92. The Morgan fingerprint density at radius 1 is 0.808 bits per heavy atom. The van der Waals surface area contributed by atoms with Gasteiger partial charge in [0.05, 0.1) is 19.6 Å². The average molecular weight is 367 g/mol. The number of hydrogen-bond acceptors (Lipinski definition) is 6. The lowest BCUT2D eigenvalue weighted by Gasteiger charge is -2.17. The first-order valence-electron chi connectivity index (χ1n) is 7.23. The minimum absolute atomic E-state index is 0.183. The molecule has 2 amide bonds. The zero-order valence-electron chi connectivity index (χ0n) is 13.5. The van der Waals surface area contributed by atoms with E-state index in [1.807, 2.05) is 0 Å². The van der Waals surface area contributed by atoms with E-state index in [1.54, 1.807) is 0 Å². The molecule has 1 rings (SSSR count). The van der Waals surface area contributed by atoms with Crippen LogP contribution in [-0.4, -0.2) is 76.1 Å². The molecule has 0 saturated heterocycles. The van der Waals surface area contributed by atoms with Gasteiger partial charge in [-0.05, 0) is 24.3 Å². The van der Waals surface area contributed by atoms with Crippen molar-refractivity contribution >= 4 is 35.4 Å². The number of benzene rings is 1. The van der Waals surface area contributed by atoms with Crippen molar-refractivity contribution in [1.82, 2.24) is 10.2 Å². The third-order valence-corrected chi connectivity index (χ3v) is 2.92. The molecule has 0 heterocycles. The lowest BCUT2D eigenvalue weighted by atomic mass is 10.2. The minimum Gasteiger partial charge on any atom is -0.480 e. The van der Waals surface area contributed by atoms with Crippen molar-refractivity contribution in [3.8, 4) is 0 Å². The van der Waals surface area contributed by atoms with E-state index >= 15 is 0 Å². The third-order valence-electron chi connectivity index (χ3n) is 2.92. The van der Waals surface area contributed by atoms with Crippen LogP contribution < -0.4 is 10.6 Å². The molecule has 5 N–H and O–H groups in total. The van der Waals surface area contributed by atoms with E-state index in [9.17, 15) is 24.0 Å². The Hall–Kier alpha value is -3.47. The molecule has 0 aromatic heterocycles. The van der Waals surface area contributed by atoms with Crippen LogP contribution in [-0.2, 0) is 19.2 Å². The van der Waals surface area contributed by atoms with Crippen LogP contribution in [0.25, 0.3) is 0 Å². The Morgan fingerprint density at radius 3 is 1.81 bits per heavy atom. The van der Waals surface area contributed by atoms with Gasteiger partial charge >= 0.3 is 17.9 Å². The molecular weight excluding hydrogens is 350 g/mol. The van der Waals surface area contributed by atoms with Crippen LogP contribution in [0.15, 0.2) is 24.3 Å². The summed E-state index contributed by atoms with van der Waals surface area (Å²) in [5.74, 6) is -4.95. The van der Waals surface area contributed by atoms with Crippen molar-refractivity contribution < 1.29 is 39.3 Å². The Labute approximate surface area is 147 Å². The first-order chi connectivity index (χ1) is 12.2. The van der Waals surface area contributed by atoms with E-state index in [4.69, 9.17) is 15.3 Å². The van der Waals surface area contributed by atoms with E-state index < -0.39 is 55.9 Å². The molecule has 0 saturated carbocycles. The van der Waals surface area contributed by atoms with Gasteiger partial charge in [0.2, 0.25) is 5.91 Å². The van der Waals surface area contributed by atoms with Crippen molar-refractivity contribution in [1.29, 1.82) is 0 Å². The number of carboxylic acid groups (broad SMARTS) is 3. The number of rotatable bonds is 10. The second-order valence-electron chi connectivity index (χ2n) is 5.13. The predicted octanol–water partition coefficient (Wildman–Crippen LogP) is -1.09. The summed E-state index contributed by atoms with van der Waals surface area (Å²) in [6.45, 7) is -2.19. The number of aliphatic carboxylic acids is 3. The molecule has 0 unspecified atom stereocenters. The maximum Gasteiger partial charge on any atom is 0.322 e. The zero-order valence-corrected chi connectivity index (χ0v) is 13.5. The highest BCUT2D eigenvalue weighted by Gasteiger charge is 2.17. The van der Waals surface area contributed by atoms with Gasteiger partial charge in [0, 0.05) is 11.3 Å². The van der Waals surface area contributed by atoms with Crippen molar-refractivity contribution in [3.63, 3.8) is 0 Å². The molecule has 140 valence electrons. The number of nitrogens with zero attached hydrogens (tertiary/aromatic N) is 1. The quantitative estimate of drug-likeness (QED) is 0.344. The van der Waals surface area contributed by atoms with E-state index in [0.29, 0.717) is 5.69 Å². The van der Waals surface area contributed by atoms with Crippen LogP contribution >= 0.6 is 0 Å². The number of carboxylic acids is 3. The van der Waals surface area contributed by atoms with Crippen molar-refractivity contribution in [2.45, 2.75) is 0 Å². The summed E-state index contributed by atoms with van der Waals surface area (Å²) in [6.07, 6.45) is 0. The molecule has 0 aliphatic rings. The highest BCUT2D eigenvalue weighted by Crippen LogP contribution is 2.09. The standard InChI is InChI=1S/C15H17N3O8/c19-11(6-18(7-13(22)23)8-14(24)25)17-10-3-1-9(2-4-10)15(26)16-5-12(20)21/h1-4H,5-8H2,(H,16,26)(H,17,19)(H,20,21)(H,22,23)(H,24,25). The van der Waals surface area contributed by atoms with Gasteiger partial charge < -0.3 is 26.0 Å². The normalized spacial score (nSPS) is 10.2. The average Bonchev–Trinajstić information content (AvgIpc) is 2.51. The Balaban J connectivity index is 2.62. The molecule has 0 radical (unpaired) electrons. The molecule has 1 aromatic rings. The Morgan fingerprint density at radius 2 is 1.35 bits per heavy atom. The second kappa shape index (κ2) is 9.74. The first-order valence-corrected chi connectivity index (χ1v) is 7.23. The van der Waals surface area contributed by atoms with Gasteiger partial charge in [-0.2, -0.15) is 0 Å². The molecule has 11 nitrogen and oxygen atoms in total. The van der Waals surface area contributed by atoms with Crippen LogP contribution in [0, 0.1) is 0 Å². The van der Waals surface area contributed by atoms with Gasteiger partial charge in [-0.1, -0.05) is 0 Å². The predicted molar refractivity (Wildman–Crippen MR) is 86.8 cm³/mol. The van der Waals surface area contributed by atoms with E-state index in [2.05, 4.69) is 10.6 Å². The molecule has 0 bridgehead atoms. The molecular formula is C15H17N3O8. The summed E-state index contributed by atoms with van der Waals surface area (Å²) in [7, 11) is 0. The van der Waals surface area contributed by atoms with Crippen LogP contribution in [0.3, 0.4) is 0 Å². The Kier molecular flexibility index (Phi) is 7.70. The van der Waals surface area contributed by atoms with E-state index in [1.165, 1.54) is 24.3 Å². The van der Waals surface area contributed by atoms with Crippen LogP contribution in [0.2, 0.25) is 0 Å². The summed E-state index contributed by atoms with van der Waals surface area (Å²) in [5, 5.41) is 30.6. The van der Waals surface area contributed by atoms with Gasteiger partial charge in [-0.15, -0.1) is 0 Å². The summed E-state index contributed by atoms with van der Waals surface area (Å²) >= 11 is 0. The lowest BCUT2D eigenvalue weighted by molar-refractivity contribution is -0.142. The fraction of sp³-hybridized carbons (Fsp3) is 0.267. The zero-order chi connectivity index (χ0) is 19.7. The maximum atomic E-state index is 11.9. The maximum absolute atomic E-state index is 11.9. The SMILES string of the molecule is O=C(O)CNC(=O)c1ccc(NC(=O)CN(CC(=O)O)CC(=O)O)cc1. The molecule has 0 aliphatic carbocycles. The van der Waals surface area contributed by atoms with E-state index in [0.717, 1.165) is 4.90 Å². The van der Waals surface area contributed by atoms with Crippen molar-refractivity contribution in [2.75, 3.05) is 31.5 Å². The monoisotopic (exact) mass is 367 g/mol.